The second kappa shape index (κ2) is 6.01. The van der Waals surface area contributed by atoms with Crippen molar-refractivity contribution in [2.24, 2.45) is 0 Å². The number of rotatable bonds is 4. The first-order valence-electron chi connectivity index (χ1n) is 6.60. The van der Waals surface area contributed by atoms with Crippen LogP contribution in [0.25, 0.3) is 10.2 Å². The zero-order valence-corrected chi connectivity index (χ0v) is 12.0. The maximum Gasteiger partial charge on any atom is 0.224 e. The molecule has 1 heterocycles. The molecule has 3 rings (SSSR count). The number of halogens is 1. The lowest BCUT2D eigenvalue weighted by atomic mass is 10.2. The van der Waals surface area contributed by atoms with Crippen LogP contribution in [-0.2, 0) is 11.2 Å². The lowest BCUT2D eigenvalue weighted by Gasteiger charge is -2.03. The van der Waals surface area contributed by atoms with Crippen LogP contribution in [0.2, 0.25) is 0 Å². The van der Waals surface area contributed by atoms with Crippen molar-refractivity contribution in [3.63, 3.8) is 0 Å². The number of nitrogens with one attached hydrogen (secondary N) is 1. The molecule has 0 unspecified atom stereocenters. The number of para-hydroxylation sites is 1. The fourth-order valence-electron chi connectivity index (χ4n) is 2.00. The summed E-state index contributed by atoms with van der Waals surface area (Å²) in [5, 5.41) is 3.69. The minimum Gasteiger partial charge on any atom is -0.326 e. The summed E-state index contributed by atoms with van der Waals surface area (Å²) in [7, 11) is 0. The third-order valence-corrected chi connectivity index (χ3v) is 4.13. The standard InChI is InChI=1S/C16H13FN2OS/c17-11-5-7-12(8-6-11)18-15(20)9-10-16-19-13-3-1-2-4-14(13)21-16/h1-8H,9-10H2,(H,18,20). The second-order valence-corrected chi connectivity index (χ2v) is 5.75. The molecule has 106 valence electrons. The largest absolute Gasteiger partial charge is 0.326 e. The Bertz CT molecular complexity index is 734. The Hall–Kier alpha value is -2.27. The highest BCUT2D eigenvalue weighted by Crippen LogP contribution is 2.22. The van der Waals surface area contributed by atoms with E-state index in [1.54, 1.807) is 23.5 Å². The summed E-state index contributed by atoms with van der Waals surface area (Å²) in [5.74, 6) is -0.414. The molecule has 0 saturated heterocycles. The predicted molar refractivity (Wildman–Crippen MR) is 83.0 cm³/mol. The lowest BCUT2D eigenvalue weighted by Crippen LogP contribution is -2.12. The van der Waals surface area contributed by atoms with E-state index in [0.717, 1.165) is 15.2 Å². The molecule has 1 N–H and O–H groups in total. The number of nitrogens with zero attached hydrogens (tertiary/aromatic N) is 1. The molecule has 5 heteroatoms. The van der Waals surface area contributed by atoms with Gasteiger partial charge in [-0.05, 0) is 36.4 Å². The highest BCUT2D eigenvalue weighted by atomic mass is 32.1. The van der Waals surface area contributed by atoms with Crippen LogP contribution in [-0.4, -0.2) is 10.9 Å². The zero-order chi connectivity index (χ0) is 14.7. The van der Waals surface area contributed by atoms with E-state index in [9.17, 15) is 9.18 Å². The van der Waals surface area contributed by atoms with Gasteiger partial charge < -0.3 is 5.32 Å². The zero-order valence-electron chi connectivity index (χ0n) is 11.2. The van der Waals surface area contributed by atoms with Crippen LogP contribution in [0.5, 0.6) is 0 Å². The Morgan fingerprint density at radius 2 is 1.90 bits per heavy atom. The molecule has 1 aromatic heterocycles. The Kier molecular flexibility index (Phi) is 3.92. The number of thiazole rings is 1. The van der Waals surface area contributed by atoms with E-state index in [2.05, 4.69) is 10.3 Å². The Morgan fingerprint density at radius 3 is 2.67 bits per heavy atom. The molecule has 3 aromatic rings. The number of anilines is 1. The second-order valence-electron chi connectivity index (χ2n) is 4.63. The van der Waals surface area contributed by atoms with Gasteiger partial charge in [0.2, 0.25) is 5.91 Å². The number of carbonyl (C=O) groups is 1. The minimum atomic E-state index is -0.317. The van der Waals surface area contributed by atoms with Gasteiger partial charge in [-0.15, -0.1) is 11.3 Å². The van der Waals surface area contributed by atoms with Crippen LogP contribution in [0.15, 0.2) is 48.5 Å². The average molecular weight is 300 g/mol. The van der Waals surface area contributed by atoms with Crippen molar-refractivity contribution < 1.29 is 9.18 Å². The van der Waals surface area contributed by atoms with E-state index in [1.807, 2.05) is 24.3 Å². The number of carbonyl (C=O) groups excluding carboxylic acids is 1. The summed E-state index contributed by atoms with van der Waals surface area (Å²) in [5.41, 5.74) is 1.57. The quantitative estimate of drug-likeness (QED) is 0.791. The van der Waals surface area contributed by atoms with Crippen LogP contribution in [0.1, 0.15) is 11.4 Å². The highest BCUT2D eigenvalue weighted by molar-refractivity contribution is 7.18. The van der Waals surface area contributed by atoms with Crippen molar-refractivity contribution in [2.45, 2.75) is 12.8 Å². The lowest BCUT2D eigenvalue weighted by molar-refractivity contribution is -0.116. The monoisotopic (exact) mass is 300 g/mol. The Labute approximate surface area is 125 Å². The summed E-state index contributed by atoms with van der Waals surface area (Å²) in [6, 6.07) is 13.7. The first-order chi connectivity index (χ1) is 10.2. The van der Waals surface area contributed by atoms with Gasteiger partial charge in [-0.25, -0.2) is 9.37 Å². The van der Waals surface area contributed by atoms with E-state index >= 15 is 0 Å². The molecule has 0 spiro atoms. The molecule has 1 amide bonds. The van der Waals surface area contributed by atoms with Crippen molar-refractivity contribution in [1.82, 2.24) is 4.98 Å². The molecule has 2 aromatic carbocycles. The molecule has 0 radical (unpaired) electrons. The van der Waals surface area contributed by atoms with Crippen LogP contribution in [0.3, 0.4) is 0 Å². The van der Waals surface area contributed by atoms with Gasteiger partial charge in [0.05, 0.1) is 15.2 Å². The van der Waals surface area contributed by atoms with Gasteiger partial charge in [0.25, 0.3) is 0 Å². The van der Waals surface area contributed by atoms with Crippen LogP contribution < -0.4 is 5.32 Å². The number of aromatic nitrogens is 1. The fraction of sp³-hybridized carbons (Fsp3) is 0.125. The van der Waals surface area contributed by atoms with Gasteiger partial charge in [0.15, 0.2) is 0 Å². The molecule has 21 heavy (non-hydrogen) atoms. The van der Waals surface area contributed by atoms with Gasteiger partial charge in [0, 0.05) is 18.5 Å². The normalized spacial score (nSPS) is 10.7. The molecule has 3 nitrogen and oxygen atoms in total. The van der Waals surface area contributed by atoms with Crippen LogP contribution in [0, 0.1) is 5.82 Å². The minimum absolute atomic E-state index is 0.0964. The van der Waals surface area contributed by atoms with E-state index in [4.69, 9.17) is 0 Å². The van der Waals surface area contributed by atoms with E-state index in [-0.39, 0.29) is 11.7 Å². The van der Waals surface area contributed by atoms with Crippen molar-refractivity contribution >= 4 is 33.1 Å². The Balaban J connectivity index is 1.59. The first kappa shape index (κ1) is 13.7. The molecular weight excluding hydrogens is 287 g/mol. The van der Waals surface area contributed by atoms with Gasteiger partial charge in [-0.3, -0.25) is 4.79 Å². The summed E-state index contributed by atoms with van der Waals surface area (Å²) in [4.78, 5) is 16.4. The smallest absolute Gasteiger partial charge is 0.224 e. The van der Waals surface area contributed by atoms with Gasteiger partial charge in [0.1, 0.15) is 5.82 Å². The number of amides is 1. The van der Waals surface area contributed by atoms with E-state index in [0.29, 0.717) is 18.5 Å². The number of hydrogen-bond acceptors (Lipinski definition) is 3. The third kappa shape index (κ3) is 3.44. The molecule has 0 fully saturated rings. The predicted octanol–water partition coefficient (Wildman–Crippen LogP) is 4.01. The molecular formula is C16H13FN2OS. The maximum absolute atomic E-state index is 12.8. The number of aryl methyl sites for hydroxylation is 1. The number of benzene rings is 2. The first-order valence-corrected chi connectivity index (χ1v) is 7.42. The summed E-state index contributed by atoms with van der Waals surface area (Å²) in [6.45, 7) is 0. The summed E-state index contributed by atoms with van der Waals surface area (Å²) in [6.07, 6.45) is 0.962. The van der Waals surface area contributed by atoms with Gasteiger partial charge >= 0.3 is 0 Å². The average Bonchev–Trinajstić information content (AvgIpc) is 2.90. The summed E-state index contributed by atoms with van der Waals surface area (Å²) >= 11 is 1.61. The highest BCUT2D eigenvalue weighted by Gasteiger charge is 2.07. The summed E-state index contributed by atoms with van der Waals surface area (Å²) < 4.78 is 13.9. The third-order valence-electron chi connectivity index (χ3n) is 3.03. The fourth-order valence-corrected chi connectivity index (χ4v) is 2.97. The van der Waals surface area contributed by atoms with Gasteiger partial charge in [-0.1, -0.05) is 12.1 Å². The van der Waals surface area contributed by atoms with Crippen LogP contribution in [0.4, 0.5) is 10.1 Å². The van der Waals surface area contributed by atoms with Crippen molar-refractivity contribution in [2.75, 3.05) is 5.32 Å². The Morgan fingerprint density at radius 1 is 1.14 bits per heavy atom. The van der Waals surface area contributed by atoms with Crippen molar-refractivity contribution in [3.8, 4) is 0 Å². The topological polar surface area (TPSA) is 42.0 Å². The van der Waals surface area contributed by atoms with Crippen LogP contribution >= 0.6 is 11.3 Å². The maximum atomic E-state index is 12.8. The van der Waals surface area contributed by atoms with Crippen molar-refractivity contribution in [3.05, 3.63) is 59.4 Å². The van der Waals surface area contributed by atoms with Crippen molar-refractivity contribution in [1.29, 1.82) is 0 Å². The molecule has 0 bridgehead atoms. The van der Waals surface area contributed by atoms with Gasteiger partial charge in [-0.2, -0.15) is 0 Å². The number of hydrogen-bond donors (Lipinski definition) is 1. The number of fused-ring (bicyclic) bond motifs is 1. The van der Waals surface area contributed by atoms with E-state index < -0.39 is 0 Å². The molecule has 0 aliphatic rings. The molecule has 0 saturated carbocycles. The molecule has 0 aliphatic heterocycles. The SMILES string of the molecule is O=C(CCc1nc2ccccc2s1)Nc1ccc(F)cc1. The molecule has 0 aliphatic carbocycles. The van der Waals surface area contributed by atoms with E-state index in [1.165, 1.54) is 12.1 Å². The molecule has 0 atom stereocenters.